The lowest BCUT2D eigenvalue weighted by Crippen LogP contribution is -1.97. The van der Waals surface area contributed by atoms with E-state index in [-0.39, 0.29) is 11.4 Å². The topological polar surface area (TPSA) is 50.9 Å². The standard InChI is InChI=1S/C7H7N3O.FH/c11-5-10-7-4-2-1-3-6(7)8-9-10;/h1-4,11H,5H2;1H. The van der Waals surface area contributed by atoms with Crippen molar-refractivity contribution < 1.29 is 9.81 Å². The maximum atomic E-state index is 8.78. The average molecular weight is 169 g/mol. The van der Waals surface area contributed by atoms with Crippen LogP contribution in [-0.2, 0) is 6.73 Å². The minimum absolute atomic E-state index is 0. The number of hydrogen-bond donors (Lipinski definition) is 1. The van der Waals surface area contributed by atoms with E-state index in [0.29, 0.717) is 0 Å². The Hall–Kier alpha value is -1.49. The summed E-state index contributed by atoms with van der Waals surface area (Å²) in [5.74, 6) is 0. The molecular formula is C7H8FN3O. The van der Waals surface area contributed by atoms with Crippen LogP contribution in [0.5, 0.6) is 0 Å². The van der Waals surface area contributed by atoms with E-state index in [4.69, 9.17) is 5.11 Å². The van der Waals surface area contributed by atoms with Crippen LogP contribution in [0.3, 0.4) is 0 Å². The molecule has 0 bridgehead atoms. The molecule has 1 aromatic carbocycles. The molecule has 12 heavy (non-hydrogen) atoms. The van der Waals surface area contributed by atoms with Gasteiger partial charge in [-0.25, -0.2) is 4.68 Å². The molecule has 64 valence electrons. The fraction of sp³-hybridized carbons (Fsp3) is 0.143. The molecule has 1 N–H and O–H groups in total. The van der Waals surface area contributed by atoms with Gasteiger partial charge in [0.1, 0.15) is 12.2 Å². The summed E-state index contributed by atoms with van der Waals surface area (Å²) < 4.78 is 1.44. The first-order valence-electron chi connectivity index (χ1n) is 3.31. The van der Waals surface area contributed by atoms with E-state index in [1.807, 2.05) is 24.3 Å². The average Bonchev–Trinajstić information content (AvgIpc) is 2.47. The van der Waals surface area contributed by atoms with Crippen LogP contribution < -0.4 is 0 Å². The monoisotopic (exact) mass is 169 g/mol. The first-order chi connectivity index (χ1) is 5.42. The molecule has 0 aliphatic heterocycles. The maximum Gasteiger partial charge on any atom is 0.138 e. The quantitative estimate of drug-likeness (QED) is 0.677. The van der Waals surface area contributed by atoms with Crippen LogP contribution in [0.1, 0.15) is 0 Å². The van der Waals surface area contributed by atoms with Crippen molar-refractivity contribution in [3.05, 3.63) is 24.3 Å². The van der Waals surface area contributed by atoms with Gasteiger partial charge in [0, 0.05) is 0 Å². The minimum atomic E-state index is -0.124. The third kappa shape index (κ3) is 1.14. The van der Waals surface area contributed by atoms with Gasteiger partial charge in [-0.3, -0.25) is 4.70 Å². The molecule has 0 aliphatic rings. The molecule has 0 radical (unpaired) electrons. The third-order valence-electron chi connectivity index (χ3n) is 1.55. The Morgan fingerprint density at radius 3 is 2.83 bits per heavy atom. The van der Waals surface area contributed by atoms with Gasteiger partial charge in [-0.1, -0.05) is 17.3 Å². The summed E-state index contributed by atoms with van der Waals surface area (Å²) in [7, 11) is 0. The molecule has 1 aromatic heterocycles. The van der Waals surface area contributed by atoms with Crippen molar-refractivity contribution >= 4 is 11.0 Å². The zero-order chi connectivity index (χ0) is 7.68. The number of rotatable bonds is 1. The normalized spacial score (nSPS) is 9.75. The highest BCUT2D eigenvalue weighted by atomic mass is 19.0. The number of fused-ring (bicyclic) bond motifs is 1. The second-order valence-corrected chi connectivity index (χ2v) is 2.22. The summed E-state index contributed by atoms with van der Waals surface area (Å²) in [6.45, 7) is -0.124. The highest BCUT2D eigenvalue weighted by Crippen LogP contribution is 2.08. The van der Waals surface area contributed by atoms with Gasteiger partial charge in [-0.15, -0.1) is 5.10 Å². The summed E-state index contributed by atoms with van der Waals surface area (Å²) in [5, 5.41) is 16.4. The summed E-state index contributed by atoms with van der Waals surface area (Å²) >= 11 is 0. The fourth-order valence-electron chi connectivity index (χ4n) is 1.02. The molecule has 0 saturated carbocycles. The highest BCUT2D eigenvalue weighted by molar-refractivity contribution is 5.73. The molecule has 0 spiro atoms. The van der Waals surface area contributed by atoms with E-state index in [9.17, 15) is 0 Å². The van der Waals surface area contributed by atoms with Gasteiger partial charge in [0.15, 0.2) is 0 Å². The second-order valence-electron chi connectivity index (χ2n) is 2.22. The van der Waals surface area contributed by atoms with Crippen molar-refractivity contribution in [2.45, 2.75) is 6.73 Å². The van der Waals surface area contributed by atoms with Crippen molar-refractivity contribution in [3.63, 3.8) is 0 Å². The molecule has 4 nitrogen and oxygen atoms in total. The summed E-state index contributed by atoms with van der Waals surface area (Å²) in [6, 6.07) is 7.50. The zero-order valence-corrected chi connectivity index (χ0v) is 6.21. The number of aromatic nitrogens is 3. The van der Waals surface area contributed by atoms with Gasteiger partial charge in [0.25, 0.3) is 0 Å². The fourth-order valence-corrected chi connectivity index (χ4v) is 1.02. The van der Waals surface area contributed by atoms with Gasteiger partial charge >= 0.3 is 0 Å². The van der Waals surface area contributed by atoms with Crippen LogP contribution in [0.4, 0.5) is 4.70 Å². The zero-order valence-electron chi connectivity index (χ0n) is 6.21. The minimum Gasteiger partial charge on any atom is -0.374 e. The van der Waals surface area contributed by atoms with E-state index >= 15 is 0 Å². The molecule has 0 saturated heterocycles. The Balaban J connectivity index is 0.000000720. The molecule has 1 heterocycles. The van der Waals surface area contributed by atoms with Gasteiger partial charge < -0.3 is 5.11 Å². The van der Waals surface area contributed by atoms with Crippen molar-refractivity contribution in [2.24, 2.45) is 0 Å². The Morgan fingerprint density at radius 2 is 2.08 bits per heavy atom. The third-order valence-corrected chi connectivity index (χ3v) is 1.55. The van der Waals surface area contributed by atoms with E-state index in [0.717, 1.165) is 11.0 Å². The molecule has 0 aliphatic carbocycles. The van der Waals surface area contributed by atoms with E-state index in [1.165, 1.54) is 4.68 Å². The van der Waals surface area contributed by atoms with Crippen LogP contribution in [0.25, 0.3) is 11.0 Å². The first-order valence-corrected chi connectivity index (χ1v) is 3.31. The predicted molar refractivity (Wildman–Crippen MR) is 42.2 cm³/mol. The maximum absolute atomic E-state index is 8.78. The smallest absolute Gasteiger partial charge is 0.138 e. The molecule has 2 aromatic rings. The lowest BCUT2D eigenvalue weighted by Gasteiger charge is -1.92. The highest BCUT2D eigenvalue weighted by Gasteiger charge is 1.99. The molecule has 0 fully saturated rings. The van der Waals surface area contributed by atoms with Crippen LogP contribution >= 0.6 is 0 Å². The SMILES string of the molecule is F.OCn1nnc2ccccc21. The number of aliphatic hydroxyl groups excluding tert-OH is 1. The van der Waals surface area contributed by atoms with Gasteiger partial charge in [0.05, 0.1) is 5.52 Å². The Bertz CT molecular complexity index is 373. The van der Waals surface area contributed by atoms with Crippen LogP contribution in [-0.4, -0.2) is 20.1 Å². The lowest BCUT2D eigenvalue weighted by molar-refractivity contribution is 0.197. The Kier molecular flexibility index (Phi) is 2.35. The predicted octanol–water partition coefficient (Wildman–Crippen LogP) is 0.534. The van der Waals surface area contributed by atoms with Crippen molar-refractivity contribution in [1.29, 1.82) is 0 Å². The van der Waals surface area contributed by atoms with Crippen molar-refractivity contribution in [1.82, 2.24) is 15.0 Å². The van der Waals surface area contributed by atoms with Crippen molar-refractivity contribution in [2.75, 3.05) is 0 Å². The van der Waals surface area contributed by atoms with Crippen molar-refractivity contribution in [3.8, 4) is 0 Å². The van der Waals surface area contributed by atoms with Gasteiger partial charge in [0.2, 0.25) is 0 Å². The van der Waals surface area contributed by atoms with Crippen LogP contribution in [0.2, 0.25) is 0 Å². The van der Waals surface area contributed by atoms with Gasteiger partial charge in [-0.2, -0.15) is 0 Å². The van der Waals surface area contributed by atoms with E-state index in [1.54, 1.807) is 0 Å². The molecule has 0 unspecified atom stereocenters. The summed E-state index contributed by atoms with van der Waals surface area (Å²) in [6.07, 6.45) is 0. The number of aliphatic hydroxyl groups is 1. The number of nitrogens with zero attached hydrogens (tertiary/aromatic N) is 3. The van der Waals surface area contributed by atoms with Gasteiger partial charge in [-0.05, 0) is 12.1 Å². The number of halogens is 1. The van der Waals surface area contributed by atoms with Crippen LogP contribution in [0.15, 0.2) is 24.3 Å². The number of hydrogen-bond acceptors (Lipinski definition) is 3. The lowest BCUT2D eigenvalue weighted by atomic mass is 10.3. The summed E-state index contributed by atoms with van der Waals surface area (Å²) in [4.78, 5) is 0. The molecule has 0 amide bonds. The Morgan fingerprint density at radius 1 is 1.33 bits per heavy atom. The molecular weight excluding hydrogens is 161 g/mol. The molecule has 0 atom stereocenters. The second kappa shape index (κ2) is 3.27. The van der Waals surface area contributed by atoms with Crippen LogP contribution in [0, 0.1) is 0 Å². The number of benzene rings is 1. The summed E-state index contributed by atoms with van der Waals surface area (Å²) in [5.41, 5.74) is 1.66. The molecule has 2 rings (SSSR count). The van der Waals surface area contributed by atoms with E-state index < -0.39 is 0 Å². The number of para-hydroxylation sites is 1. The largest absolute Gasteiger partial charge is 0.374 e. The molecule has 5 heteroatoms. The van der Waals surface area contributed by atoms with E-state index in [2.05, 4.69) is 10.3 Å². The first kappa shape index (κ1) is 8.61. The Labute approximate surface area is 67.8 Å².